The second-order valence-corrected chi connectivity index (χ2v) is 3.36. The second kappa shape index (κ2) is 3.18. The zero-order chi connectivity index (χ0) is 9.26. The lowest BCUT2D eigenvalue weighted by Crippen LogP contribution is -2.18. The van der Waals surface area contributed by atoms with E-state index in [1.807, 2.05) is 37.5 Å². The molecule has 0 aliphatic carbocycles. The van der Waals surface area contributed by atoms with Crippen molar-refractivity contribution in [3.8, 4) is 0 Å². The van der Waals surface area contributed by atoms with Crippen molar-refractivity contribution in [3.63, 3.8) is 0 Å². The lowest BCUT2D eigenvalue weighted by Gasteiger charge is -2.03. The highest BCUT2D eigenvalue weighted by Crippen LogP contribution is 2.07. The summed E-state index contributed by atoms with van der Waals surface area (Å²) in [5.41, 5.74) is 7.89. The van der Waals surface area contributed by atoms with Crippen LogP contribution < -0.4 is 5.73 Å². The van der Waals surface area contributed by atoms with E-state index in [0.29, 0.717) is 0 Å². The molecule has 0 aliphatic rings. The number of nitrogens with zero attached hydrogens (tertiary/aromatic N) is 2. The zero-order valence-corrected chi connectivity index (χ0v) is 7.64. The first-order valence-corrected chi connectivity index (χ1v) is 4.44. The fourth-order valence-electron chi connectivity index (χ4n) is 1.47. The van der Waals surface area contributed by atoms with E-state index in [-0.39, 0.29) is 6.04 Å². The Kier molecular flexibility index (Phi) is 2.02. The van der Waals surface area contributed by atoms with Crippen LogP contribution in [0.15, 0.2) is 30.6 Å². The van der Waals surface area contributed by atoms with Crippen molar-refractivity contribution in [1.29, 1.82) is 0 Å². The Balaban J connectivity index is 2.46. The zero-order valence-electron chi connectivity index (χ0n) is 7.64. The summed E-state index contributed by atoms with van der Waals surface area (Å²) in [6, 6.07) is 6.15. The van der Waals surface area contributed by atoms with E-state index in [2.05, 4.69) is 9.38 Å². The van der Waals surface area contributed by atoms with Crippen molar-refractivity contribution in [1.82, 2.24) is 9.38 Å². The standard InChI is InChI=1S/C10H13N3/c1-8(11)6-9-7-12-10-4-2-3-5-13(9)10/h2-5,7-8H,6,11H2,1H3/t8-/m1/s1. The lowest BCUT2D eigenvalue weighted by atomic mass is 10.2. The van der Waals surface area contributed by atoms with Gasteiger partial charge >= 0.3 is 0 Å². The fourth-order valence-corrected chi connectivity index (χ4v) is 1.47. The Morgan fingerprint density at radius 2 is 2.38 bits per heavy atom. The van der Waals surface area contributed by atoms with Crippen LogP contribution >= 0.6 is 0 Å². The van der Waals surface area contributed by atoms with Gasteiger partial charge in [-0.1, -0.05) is 6.07 Å². The maximum absolute atomic E-state index is 5.73. The van der Waals surface area contributed by atoms with Crippen LogP contribution in [0.2, 0.25) is 0 Å². The monoisotopic (exact) mass is 175 g/mol. The number of imidazole rings is 1. The van der Waals surface area contributed by atoms with Gasteiger partial charge in [0, 0.05) is 30.6 Å². The third-order valence-electron chi connectivity index (χ3n) is 2.02. The number of hydrogen-bond acceptors (Lipinski definition) is 2. The minimum Gasteiger partial charge on any atom is -0.328 e. The molecule has 2 aromatic heterocycles. The lowest BCUT2D eigenvalue weighted by molar-refractivity contribution is 0.717. The number of hydrogen-bond donors (Lipinski definition) is 1. The number of aromatic nitrogens is 2. The Bertz CT molecular complexity index is 403. The summed E-state index contributed by atoms with van der Waals surface area (Å²) in [5.74, 6) is 0. The predicted octanol–water partition coefficient (Wildman–Crippen LogP) is 1.22. The number of nitrogens with two attached hydrogens (primary N) is 1. The number of fused-ring (bicyclic) bond motifs is 1. The van der Waals surface area contributed by atoms with E-state index in [1.165, 1.54) is 5.69 Å². The largest absolute Gasteiger partial charge is 0.328 e. The minimum atomic E-state index is 0.181. The summed E-state index contributed by atoms with van der Waals surface area (Å²) >= 11 is 0. The smallest absolute Gasteiger partial charge is 0.136 e. The van der Waals surface area contributed by atoms with E-state index < -0.39 is 0 Å². The van der Waals surface area contributed by atoms with E-state index in [4.69, 9.17) is 5.73 Å². The van der Waals surface area contributed by atoms with Crippen LogP contribution in [0.1, 0.15) is 12.6 Å². The Labute approximate surface area is 77.2 Å². The molecule has 0 saturated carbocycles. The van der Waals surface area contributed by atoms with Crippen molar-refractivity contribution in [2.75, 3.05) is 0 Å². The van der Waals surface area contributed by atoms with Crippen LogP contribution in [0.5, 0.6) is 0 Å². The molecule has 13 heavy (non-hydrogen) atoms. The van der Waals surface area contributed by atoms with Crippen molar-refractivity contribution in [2.24, 2.45) is 5.73 Å². The maximum atomic E-state index is 5.73. The van der Waals surface area contributed by atoms with Gasteiger partial charge in [-0.15, -0.1) is 0 Å². The first-order chi connectivity index (χ1) is 6.27. The average Bonchev–Trinajstić information content (AvgIpc) is 2.48. The summed E-state index contributed by atoms with van der Waals surface area (Å²) < 4.78 is 2.07. The van der Waals surface area contributed by atoms with Gasteiger partial charge in [0.2, 0.25) is 0 Å². The van der Waals surface area contributed by atoms with Crippen molar-refractivity contribution < 1.29 is 0 Å². The molecule has 3 nitrogen and oxygen atoms in total. The highest BCUT2D eigenvalue weighted by molar-refractivity contribution is 5.39. The minimum absolute atomic E-state index is 0.181. The van der Waals surface area contributed by atoms with Crippen molar-refractivity contribution in [3.05, 3.63) is 36.3 Å². The van der Waals surface area contributed by atoms with Gasteiger partial charge in [-0.3, -0.25) is 0 Å². The molecule has 2 rings (SSSR count). The molecule has 0 spiro atoms. The summed E-state index contributed by atoms with van der Waals surface area (Å²) in [6.07, 6.45) is 4.77. The molecule has 2 N–H and O–H groups in total. The highest BCUT2D eigenvalue weighted by atomic mass is 15.0. The van der Waals surface area contributed by atoms with E-state index in [1.54, 1.807) is 0 Å². The van der Waals surface area contributed by atoms with Crippen LogP contribution in [0.3, 0.4) is 0 Å². The van der Waals surface area contributed by atoms with Gasteiger partial charge in [0.1, 0.15) is 5.65 Å². The third kappa shape index (κ3) is 1.55. The van der Waals surface area contributed by atoms with Gasteiger partial charge in [-0.05, 0) is 19.1 Å². The van der Waals surface area contributed by atoms with Crippen LogP contribution in [0, 0.1) is 0 Å². The van der Waals surface area contributed by atoms with E-state index >= 15 is 0 Å². The Hall–Kier alpha value is -1.35. The van der Waals surface area contributed by atoms with Crippen LogP contribution in [0.4, 0.5) is 0 Å². The van der Waals surface area contributed by atoms with Crippen molar-refractivity contribution >= 4 is 5.65 Å². The van der Waals surface area contributed by atoms with E-state index in [9.17, 15) is 0 Å². The predicted molar refractivity (Wildman–Crippen MR) is 52.5 cm³/mol. The molecule has 0 saturated heterocycles. The summed E-state index contributed by atoms with van der Waals surface area (Å²) in [4.78, 5) is 4.28. The molecule has 2 aromatic rings. The fraction of sp³-hybridized carbons (Fsp3) is 0.300. The van der Waals surface area contributed by atoms with Crippen LogP contribution in [0.25, 0.3) is 5.65 Å². The van der Waals surface area contributed by atoms with Gasteiger partial charge in [0.05, 0.1) is 0 Å². The first kappa shape index (κ1) is 8.26. The summed E-state index contributed by atoms with van der Waals surface area (Å²) in [5, 5.41) is 0. The van der Waals surface area contributed by atoms with Gasteiger partial charge in [-0.25, -0.2) is 4.98 Å². The highest BCUT2D eigenvalue weighted by Gasteiger charge is 2.03. The molecule has 68 valence electrons. The molecular formula is C10H13N3. The SMILES string of the molecule is C[C@@H](N)Cc1cnc2ccccn12. The molecule has 0 fully saturated rings. The summed E-state index contributed by atoms with van der Waals surface area (Å²) in [7, 11) is 0. The molecule has 0 bridgehead atoms. The topological polar surface area (TPSA) is 43.3 Å². The van der Waals surface area contributed by atoms with Gasteiger partial charge in [0.15, 0.2) is 0 Å². The molecule has 3 heteroatoms. The van der Waals surface area contributed by atoms with Gasteiger partial charge in [-0.2, -0.15) is 0 Å². The second-order valence-electron chi connectivity index (χ2n) is 3.36. The van der Waals surface area contributed by atoms with Crippen LogP contribution in [-0.4, -0.2) is 15.4 Å². The molecule has 0 unspecified atom stereocenters. The number of rotatable bonds is 2. The molecule has 0 amide bonds. The Morgan fingerprint density at radius 1 is 1.54 bits per heavy atom. The number of pyridine rings is 1. The molecule has 0 aliphatic heterocycles. The first-order valence-electron chi connectivity index (χ1n) is 4.44. The van der Waals surface area contributed by atoms with Gasteiger partial charge < -0.3 is 10.1 Å². The quantitative estimate of drug-likeness (QED) is 0.745. The molecular weight excluding hydrogens is 162 g/mol. The molecule has 2 heterocycles. The van der Waals surface area contributed by atoms with E-state index in [0.717, 1.165) is 12.1 Å². The Morgan fingerprint density at radius 3 is 3.15 bits per heavy atom. The third-order valence-corrected chi connectivity index (χ3v) is 2.02. The average molecular weight is 175 g/mol. The molecule has 0 aromatic carbocycles. The maximum Gasteiger partial charge on any atom is 0.136 e. The molecule has 1 atom stereocenters. The van der Waals surface area contributed by atoms with Crippen LogP contribution in [-0.2, 0) is 6.42 Å². The summed E-state index contributed by atoms with van der Waals surface area (Å²) in [6.45, 7) is 2.00. The molecule has 0 radical (unpaired) electrons. The van der Waals surface area contributed by atoms with Gasteiger partial charge in [0.25, 0.3) is 0 Å². The van der Waals surface area contributed by atoms with Crippen molar-refractivity contribution in [2.45, 2.75) is 19.4 Å². The normalized spacial score (nSPS) is 13.4.